The van der Waals surface area contributed by atoms with Gasteiger partial charge in [0.15, 0.2) is 0 Å². The minimum absolute atomic E-state index is 0.0170. The molecule has 90 valence electrons. The second-order valence-corrected chi connectivity index (χ2v) is 4.01. The second-order valence-electron chi connectivity index (χ2n) is 4.01. The molecule has 1 aliphatic rings. The molecule has 0 spiro atoms. The Morgan fingerprint density at radius 1 is 1.50 bits per heavy atom. The zero-order valence-corrected chi connectivity index (χ0v) is 9.58. The monoisotopic (exact) mass is 224 g/mol. The lowest BCUT2D eigenvalue weighted by atomic mass is 10.2. The van der Waals surface area contributed by atoms with Crippen LogP contribution < -0.4 is 11.1 Å². The van der Waals surface area contributed by atoms with Gasteiger partial charge in [-0.25, -0.2) is 0 Å². The van der Waals surface area contributed by atoms with Crippen LogP contribution >= 0.6 is 0 Å². The van der Waals surface area contributed by atoms with Crippen LogP contribution in [-0.4, -0.2) is 31.2 Å². The molecule has 1 aliphatic heterocycles. The van der Waals surface area contributed by atoms with Crippen molar-refractivity contribution in [2.75, 3.05) is 13.1 Å². The van der Waals surface area contributed by atoms with Gasteiger partial charge in [0.05, 0.1) is 6.10 Å². The lowest BCUT2D eigenvalue weighted by Gasteiger charge is -2.12. The topological polar surface area (TPSA) is 64.4 Å². The minimum atomic E-state index is -0.304. The standard InChI is InChI=1S/C12H20N2O2/c1-2-3-4-5-8-14-12(15)11-7-6-10(9-13)16-11/h1,10-11H,3-9,13H2,(H,14,15). The molecule has 4 nitrogen and oxygen atoms in total. The predicted octanol–water partition coefficient (Wildman–Crippen LogP) is 0.412. The fraction of sp³-hybridized carbons (Fsp3) is 0.750. The molecule has 2 atom stereocenters. The summed E-state index contributed by atoms with van der Waals surface area (Å²) < 4.78 is 5.48. The molecule has 0 saturated carbocycles. The molecule has 4 heteroatoms. The average molecular weight is 224 g/mol. The number of amides is 1. The Bertz CT molecular complexity index is 260. The number of nitrogens with two attached hydrogens (primary N) is 1. The molecular formula is C12H20N2O2. The smallest absolute Gasteiger partial charge is 0.249 e. The lowest BCUT2D eigenvalue weighted by Crippen LogP contribution is -2.36. The van der Waals surface area contributed by atoms with Crippen LogP contribution in [0.25, 0.3) is 0 Å². The van der Waals surface area contributed by atoms with Crippen molar-refractivity contribution in [3.05, 3.63) is 0 Å². The summed E-state index contributed by atoms with van der Waals surface area (Å²) in [5, 5.41) is 2.85. The Morgan fingerprint density at radius 3 is 2.94 bits per heavy atom. The molecule has 1 heterocycles. The first-order chi connectivity index (χ1) is 7.77. The number of unbranched alkanes of at least 4 members (excludes halogenated alkanes) is 2. The van der Waals surface area contributed by atoms with Gasteiger partial charge in [0, 0.05) is 19.5 Å². The summed E-state index contributed by atoms with van der Waals surface area (Å²) in [6.07, 6.45) is 9.18. The van der Waals surface area contributed by atoms with E-state index in [4.69, 9.17) is 16.9 Å². The zero-order chi connectivity index (χ0) is 11.8. The van der Waals surface area contributed by atoms with Gasteiger partial charge in [-0.05, 0) is 25.7 Å². The van der Waals surface area contributed by atoms with Gasteiger partial charge in [-0.1, -0.05) is 0 Å². The number of carbonyl (C=O) groups excluding carboxylic acids is 1. The lowest BCUT2D eigenvalue weighted by molar-refractivity contribution is -0.131. The van der Waals surface area contributed by atoms with Crippen LogP contribution in [0.15, 0.2) is 0 Å². The van der Waals surface area contributed by atoms with E-state index in [2.05, 4.69) is 11.2 Å². The molecule has 1 saturated heterocycles. The van der Waals surface area contributed by atoms with Crippen LogP contribution in [0, 0.1) is 12.3 Å². The van der Waals surface area contributed by atoms with Crippen molar-refractivity contribution in [3.63, 3.8) is 0 Å². The van der Waals surface area contributed by atoms with Gasteiger partial charge in [0.25, 0.3) is 0 Å². The molecule has 1 rings (SSSR count). The second kappa shape index (κ2) is 7.26. The molecule has 0 aliphatic carbocycles. The van der Waals surface area contributed by atoms with Gasteiger partial charge in [0.2, 0.25) is 5.91 Å². The van der Waals surface area contributed by atoms with Crippen molar-refractivity contribution >= 4 is 5.91 Å². The van der Waals surface area contributed by atoms with E-state index in [1.807, 2.05) is 0 Å². The van der Waals surface area contributed by atoms with E-state index in [9.17, 15) is 4.79 Å². The average Bonchev–Trinajstić information content (AvgIpc) is 2.77. The van der Waals surface area contributed by atoms with E-state index in [1.165, 1.54) is 0 Å². The van der Waals surface area contributed by atoms with Crippen molar-refractivity contribution in [2.45, 2.75) is 44.3 Å². The van der Waals surface area contributed by atoms with Gasteiger partial charge >= 0.3 is 0 Å². The summed E-state index contributed by atoms with van der Waals surface area (Å²) in [4.78, 5) is 11.6. The molecule has 0 aromatic carbocycles. The minimum Gasteiger partial charge on any atom is -0.364 e. The predicted molar refractivity (Wildman–Crippen MR) is 62.6 cm³/mol. The summed E-state index contributed by atoms with van der Waals surface area (Å²) in [5.41, 5.74) is 5.48. The summed E-state index contributed by atoms with van der Waals surface area (Å²) in [7, 11) is 0. The highest BCUT2D eigenvalue weighted by atomic mass is 16.5. The first-order valence-electron chi connectivity index (χ1n) is 5.84. The Morgan fingerprint density at radius 2 is 2.31 bits per heavy atom. The third-order valence-electron chi connectivity index (χ3n) is 2.71. The molecule has 3 N–H and O–H groups in total. The first-order valence-corrected chi connectivity index (χ1v) is 5.84. The summed E-state index contributed by atoms with van der Waals surface area (Å²) in [6, 6.07) is 0. The number of terminal acetylenes is 1. The quantitative estimate of drug-likeness (QED) is 0.507. The maximum absolute atomic E-state index is 11.6. The van der Waals surface area contributed by atoms with Crippen LogP contribution in [0.1, 0.15) is 32.1 Å². The largest absolute Gasteiger partial charge is 0.364 e. The normalized spacial score (nSPS) is 24.0. The van der Waals surface area contributed by atoms with Crippen LogP contribution in [0.3, 0.4) is 0 Å². The molecule has 0 aromatic heterocycles. The molecule has 1 amide bonds. The third kappa shape index (κ3) is 4.21. The van der Waals surface area contributed by atoms with E-state index in [1.54, 1.807) is 0 Å². The van der Waals surface area contributed by atoms with E-state index >= 15 is 0 Å². The van der Waals surface area contributed by atoms with Crippen molar-refractivity contribution in [2.24, 2.45) is 5.73 Å². The Kier molecular flexibility index (Phi) is 5.91. The van der Waals surface area contributed by atoms with Crippen LogP contribution in [0.2, 0.25) is 0 Å². The van der Waals surface area contributed by atoms with Crippen LogP contribution in [0.5, 0.6) is 0 Å². The third-order valence-corrected chi connectivity index (χ3v) is 2.71. The Balaban J connectivity index is 2.09. The molecule has 0 bridgehead atoms. The van der Waals surface area contributed by atoms with Crippen molar-refractivity contribution in [3.8, 4) is 12.3 Å². The maximum atomic E-state index is 11.6. The van der Waals surface area contributed by atoms with Crippen molar-refractivity contribution < 1.29 is 9.53 Å². The fourth-order valence-electron chi connectivity index (χ4n) is 1.75. The van der Waals surface area contributed by atoms with Crippen molar-refractivity contribution in [1.82, 2.24) is 5.32 Å². The number of carbonyl (C=O) groups is 1. The number of hydrogen-bond acceptors (Lipinski definition) is 3. The highest BCUT2D eigenvalue weighted by molar-refractivity contribution is 5.80. The van der Waals surface area contributed by atoms with E-state index < -0.39 is 0 Å². The highest BCUT2D eigenvalue weighted by Gasteiger charge is 2.29. The molecule has 0 aromatic rings. The number of ether oxygens (including phenoxy) is 1. The molecule has 0 radical (unpaired) electrons. The molecule has 16 heavy (non-hydrogen) atoms. The maximum Gasteiger partial charge on any atom is 0.249 e. The van der Waals surface area contributed by atoms with E-state index in [0.717, 1.165) is 32.1 Å². The van der Waals surface area contributed by atoms with Gasteiger partial charge < -0.3 is 15.8 Å². The Labute approximate surface area is 96.9 Å². The van der Waals surface area contributed by atoms with Gasteiger partial charge in [-0.15, -0.1) is 12.3 Å². The SMILES string of the molecule is C#CCCCCNC(=O)C1CCC(CN)O1. The fourth-order valence-corrected chi connectivity index (χ4v) is 1.75. The summed E-state index contributed by atoms with van der Waals surface area (Å²) >= 11 is 0. The summed E-state index contributed by atoms with van der Waals surface area (Å²) in [5.74, 6) is 2.56. The van der Waals surface area contributed by atoms with Crippen LogP contribution in [-0.2, 0) is 9.53 Å². The van der Waals surface area contributed by atoms with E-state index in [0.29, 0.717) is 13.1 Å². The number of rotatable bonds is 6. The number of hydrogen-bond donors (Lipinski definition) is 2. The van der Waals surface area contributed by atoms with Gasteiger partial charge in [-0.3, -0.25) is 4.79 Å². The van der Waals surface area contributed by atoms with Gasteiger partial charge in [-0.2, -0.15) is 0 Å². The molecule has 2 unspecified atom stereocenters. The van der Waals surface area contributed by atoms with Crippen molar-refractivity contribution in [1.29, 1.82) is 0 Å². The highest BCUT2D eigenvalue weighted by Crippen LogP contribution is 2.18. The van der Waals surface area contributed by atoms with E-state index in [-0.39, 0.29) is 18.1 Å². The van der Waals surface area contributed by atoms with Gasteiger partial charge in [0.1, 0.15) is 6.10 Å². The zero-order valence-electron chi connectivity index (χ0n) is 9.58. The Hall–Kier alpha value is -1.05. The molecule has 1 fully saturated rings. The van der Waals surface area contributed by atoms with Crippen LogP contribution in [0.4, 0.5) is 0 Å². The summed E-state index contributed by atoms with van der Waals surface area (Å²) in [6.45, 7) is 1.17. The number of nitrogens with one attached hydrogen (secondary N) is 1. The first kappa shape index (κ1) is 13.0. The molecular weight excluding hydrogens is 204 g/mol.